The van der Waals surface area contributed by atoms with Gasteiger partial charge in [-0.25, -0.2) is 8.42 Å². The molecule has 0 radical (unpaired) electrons. The van der Waals surface area contributed by atoms with E-state index in [1.807, 2.05) is 0 Å². The van der Waals surface area contributed by atoms with E-state index in [-0.39, 0.29) is 48.5 Å². The quantitative estimate of drug-likeness (QED) is 0.225. The standard InChI is InChI=1S/C10H20O6S.Na/c1-3-9(7-8(2)11)10(12)16-5-4-6-17(13,14)15;/h8-9,11H,3-7H2,1-2H3,(H,13,14,15);/q;+1/p-1. The fourth-order valence-electron chi connectivity index (χ4n) is 1.37. The van der Waals surface area contributed by atoms with Crippen LogP contribution in [0.2, 0.25) is 0 Å². The van der Waals surface area contributed by atoms with E-state index in [0.29, 0.717) is 12.8 Å². The first kappa shape index (κ1) is 20.7. The summed E-state index contributed by atoms with van der Waals surface area (Å²) in [6.07, 6.45) is 0.274. The average molecular weight is 290 g/mol. The van der Waals surface area contributed by atoms with Crippen molar-refractivity contribution in [3.05, 3.63) is 0 Å². The third-order valence-electron chi connectivity index (χ3n) is 2.23. The van der Waals surface area contributed by atoms with E-state index in [1.54, 1.807) is 13.8 Å². The molecule has 2 atom stereocenters. The second-order valence-electron chi connectivity index (χ2n) is 3.97. The van der Waals surface area contributed by atoms with Gasteiger partial charge in [-0.3, -0.25) is 4.79 Å². The fourth-order valence-corrected chi connectivity index (χ4v) is 1.84. The number of carbonyl (C=O) groups excluding carboxylic acids is 1. The first-order valence-corrected chi connectivity index (χ1v) is 7.12. The van der Waals surface area contributed by atoms with E-state index in [0.717, 1.165) is 0 Å². The molecule has 1 N–H and O–H groups in total. The van der Waals surface area contributed by atoms with Gasteiger partial charge in [0.25, 0.3) is 0 Å². The molecule has 6 nitrogen and oxygen atoms in total. The van der Waals surface area contributed by atoms with Crippen LogP contribution >= 0.6 is 0 Å². The Bertz CT molecular complexity index is 327. The van der Waals surface area contributed by atoms with Crippen LogP contribution in [-0.4, -0.2) is 42.5 Å². The van der Waals surface area contributed by atoms with Gasteiger partial charge in [-0.05, 0) is 26.2 Å². The van der Waals surface area contributed by atoms with Crippen LogP contribution in [-0.2, 0) is 19.6 Å². The summed E-state index contributed by atoms with van der Waals surface area (Å²) in [5.41, 5.74) is 0. The normalized spacial score (nSPS) is 14.4. The predicted octanol–water partition coefficient (Wildman–Crippen LogP) is -2.73. The second kappa shape index (κ2) is 10.2. The van der Waals surface area contributed by atoms with Crippen LogP contribution in [0.15, 0.2) is 0 Å². The van der Waals surface area contributed by atoms with Crippen LogP contribution in [0.1, 0.15) is 33.1 Å². The van der Waals surface area contributed by atoms with Crippen molar-refractivity contribution in [3.8, 4) is 0 Å². The Balaban J connectivity index is 0. The van der Waals surface area contributed by atoms with Gasteiger partial charge in [0.05, 0.1) is 28.7 Å². The summed E-state index contributed by atoms with van der Waals surface area (Å²) in [6, 6.07) is 0. The molecule has 0 aliphatic rings. The molecular weight excluding hydrogens is 271 g/mol. The Labute approximate surface area is 130 Å². The zero-order valence-corrected chi connectivity index (χ0v) is 13.9. The van der Waals surface area contributed by atoms with Crippen LogP contribution in [0.4, 0.5) is 0 Å². The van der Waals surface area contributed by atoms with Crippen molar-refractivity contribution >= 4 is 16.1 Å². The van der Waals surface area contributed by atoms with Gasteiger partial charge in [0.2, 0.25) is 0 Å². The van der Waals surface area contributed by atoms with Gasteiger partial charge in [-0.15, -0.1) is 0 Å². The van der Waals surface area contributed by atoms with Crippen LogP contribution in [0.3, 0.4) is 0 Å². The van der Waals surface area contributed by atoms with E-state index in [4.69, 9.17) is 9.84 Å². The molecule has 0 bridgehead atoms. The summed E-state index contributed by atoms with van der Waals surface area (Å²) in [6.45, 7) is 3.30. The molecule has 2 unspecified atom stereocenters. The molecule has 0 aliphatic carbocycles. The number of aliphatic hydroxyl groups excluding tert-OH is 1. The molecule has 0 fully saturated rings. The Morgan fingerprint density at radius 2 is 2.00 bits per heavy atom. The van der Waals surface area contributed by atoms with Gasteiger partial charge in [0, 0.05) is 5.75 Å². The van der Waals surface area contributed by atoms with Crippen molar-refractivity contribution < 1.29 is 57.2 Å². The van der Waals surface area contributed by atoms with Crippen LogP contribution in [0, 0.1) is 5.92 Å². The summed E-state index contributed by atoms with van der Waals surface area (Å²) >= 11 is 0. The van der Waals surface area contributed by atoms with Crippen molar-refractivity contribution in [3.63, 3.8) is 0 Å². The minimum Gasteiger partial charge on any atom is -0.748 e. The number of aliphatic hydroxyl groups is 1. The topological polar surface area (TPSA) is 104 Å². The molecule has 0 rings (SSSR count). The Morgan fingerprint density at radius 3 is 2.39 bits per heavy atom. The Kier molecular flexibility index (Phi) is 11.7. The number of rotatable bonds is 8. The molecular formula is C10H19NaO6S. The SMILES string of the molecule is CCC(CC(C)O)C(=O)OCCCS(=O)(=O)[O-].[Na+]. The van der Waals surface area contributed by atoms with Crippen molar-refractivity contribution in [1.29, 1.82) is 0 Å². The third kappa shape index (κ3) is 11.4. The Hall–Kier alpha value is 0.340. The molecule has 0 aliphatic heterocycles. The molecule has 0 aromatic carbocycles. The molecule has 0 amide bonds. The van der Waals surface area contributed by atoms with Crippen LogP contribution in [0.25, 0.3) is 0 Å². The minimum atomic E-state index is -4.25. The van der Waals surface area contributed by atoms with Gasteiger partial charge in [0.1, 0.15) is 0 Å². The fraction of sp³-hybridized carbons (Fsp3) is 0.900. The molecule has 18 heavy (non-hydrogen) atoms. The van der Waals surface area contributed by atoms with Gasteiger partial charge in [-0.1, -0.05) is 6.92 Å². The summed E-state index contributed by atoms with van der Waals surface area (Å²) in [4.78, 5) is 11.5. The summed E-state index contributed by atoms with van der Waals surface area (Å²) in [5, 5.41) is 9.15. The summed E-state index contributed by atoms with van der Waals surface area (Å²) < 4.78 is 35.7. The van der Waals surface area contributed by atoms with Gasteiger partial charge in [0.15, 0.2) is 0 Å². The average Bonchev–Trinajstić information content (AvgIpc) is 2.19. The van der Waals surface area contributed by atoms with E-state index < -0.39 is 27.9 Å². The molecule has 0 saturated heterocycles. The summed E-state index contributed by atoms with van der Waals surface area (Å²) in [7, 11) is -4.25. The monoisotopic (exact) mass is 290 g/mol. The third-order valence-corrected chi connectivity index (χ3v) is 3.02. The maximum absolute atomic E-state index is 11.5. The minimum absolute atomic E-state index is 0. The molecule has 0 spiro atoms. The smallest absolute Gasteiger partial charge is 0.748 e. The number of esters is 1. The van der Waals surface area contributed by atoms with Crippen LogP contribution < -0.4 is 29.6 Å². The zero-order chi connectivity index (χ0) is 13.5. The van der Waals surface area contributed by atoms with Gasteiger partial charge in [-0.2, -0.15) is 0 Å². The van der Waals surface area contributed by atoms with Crippen molar-refractivity contribution in [2.45, 2.75) is 39.2 Å². The van der Waals surface area contributed by atoms with E-state index in [1.165, 1.54) is 0 Å². The van der Waals surface area contributed by atoms with E-state index in [9.17, 15) is 17.8 Å². The predicted molar refractivity (Wildman–Crippen MR) is 60.2 cm³/mol. The van der Waals surface area contributed by atoms with E-state index >= 15 is 0 Å². The van der Waals surface area contributed by atoms with E-state index in [2.05, 4.69) is 0 Å². The van der Waals surface area contributed by atoms with Crippen molar-refractivity contribution in [2.75, 3.05) is 12.4 Å². The van der Waals surface area contributed by atoms with Crippen molar-refractivity contribution in [1.82, 2.24) is 0 Å². The van der Waals surface area contributed by atoms with Crippen LogP contribution in [0.5, 0.6) is 0 Å². The maximum atomic E-state index is 11.5. The molecule has 0 aromatic heterocycles. The number of ether oxygens (including phenoxy) is 1. The van der Waals surface area contributed by atoms with Gasteiger partial charge >= 0.3 is 35.5 Å². The number of carbonyl (C=O) groups is 1. The number of hydrogen-bond acceptors (Lipinski definition) is 6. The molecule has 0 saturated carbocycles. The zero-order valence-electron chi connectivity index (χ0n) is 11.1. The largest absolute Gasteiger partial charge is 1.00 e. The molecule has 8 heteroatoms. The molecule has 102 valence electrons. The van der Waals surface area contributed by atoms with Gasteiger partial charge < -0.3 is 14.4 Å². The summed E-state index contributed by atoms with van der Waals surface area (Å²) in [5.74, 6) is -1.39. The Morgan fingerprint density at radius 1 is 1.44 bits per heavy atom. The first-order chi connectivity index (χ1) is 7.76. The first-order valence-electron chi connectivity index (χ1n) is 5.54. The molecule has 0 heterocycles. The van der Waals surface area contributed by atoms with Crippen molar-refractivity contribution in [2.24, 2.45) is 5.92 Å². The number of hydrogen-bond donors (Lipinski definition) is 1. The molecule has 0 aromatic rings. The second-order valence-corrected chi connectivity index (χ2v) is 5.50. The maximum Gasteiger partial charge on any atom is 1.00 e.